The number of nitrogens with one attached hydrogen (secondary N) is 1. The zero-order valence-electron chi connectivity index (χ0n) is 15.7. The minimum atomic E-state index is -3.43. The number of sulfonamides is 1. The first-order valence-electron chi connectivity index (χ1n) is 9.02. The minimum Gasteiger partial charge on any atom is -0.215 e. The lowest BCUT2D eigenvalue weighted by Crippen LogP contribution is -2.27. The summed E-state index contributed by atoms with van der Waals surface area (Å²) >= 11 is 1.41. The zero-order valence-corrected chi connectivity index (χ0v) is 17.3. The van der Waals surface area contributed by atoms with Gasteiger partial charge >= 0.3 is 0 Å². The van der Waals surface area contributed by atoms with Crippen LogP contribution in [0.5, 0.6) is 0 Å². The van der Waals surface area contributed by atoms with Crippen LogP contribution in [-0.4, -0.2) is 29.6 Å². The molecule has 150 valence electrons. The second kappa shape index (κ2) is 8.02. The van der Waals surface area contributed by atoms with Crippen LogP contribution >= 0.6 is 11.3 Å². The summed E-state index contributed by atoms with van der Waals surface area (Å²) in [7, 11) is -3.43. The van der Waals surface area contributed by atoms with E-state index < -0.39 is 10.0 Å². The molecule has 0 aliphatic carbocycles. The van der Waals surface area contributed by atoms with Gasteiger partial charge in [0.25, 0.3) is 0 Å². The maximum absolute atomic E-state index is 13.4. The van der Waals surface area contributed by atoms with Gasteiger partial charge in [0, 0.05) is 23.9 Å². The number of halogens is 1. The number of nitrogens with zero attached hydrogens (tertiary/aromatic N) is 3. The van der Waals surface area contributed by atoms with Crippen LogP contribution in [0.3, 0.4) is 0 Å². The largest absolute Gasteiger partial charge is 0.215 e. The molecule has 2 aromatic carbocycles. The molecule has 0 amide bonds. The van der Waals surface area contributed by atoms with Crippen LogP contribution in [0.15, 0.2) is 53.9 Å². The van der Waals surface area contributed by atoms with Crippen LogP contribution < -0.4 is 4.72 Å². The van der Waals surface area contributed by atoms with Crippen LogP contribution in [0.1, 0.15) is 16.8 Å². The Morgan fingerprint density at radius 1 is 1.17 bits per heavy atom. The lowest BCUT2D eigenvalue weighted by Gasteiger charge is -2.07. The van der Waals surface area contributed by atoms with E-state index in [9.17, 15) is 12.8 Å². The molecule has 0 fully saturated rings. The summed E-state index contributed by atoms with van der Waals surface area (Å²) in [6.45, 7) is 2.19. The maximum Gasteiger partial charge on any atom is 0.215 e. The number of aromatic nitrogens is 3. The number of fused-ring (bicyclic) bond motifs is 1. The van der Waals surface area contributed by atoms with Crippen LogP contribution in [-0.2, 0) is 22.2 Å². The van der Waals surface area contributed by atoms with Crippen molar-refractivity contribution in [2.45, 2.75) is 19.1 Å². The number of hydrogen-bond acceptors (Lipinski definition) is 5. The van der Waals surface area contributed by atoms with Crippen molar-refractivity contribution in [3.8, 4) is 11.4 Å². The van der Waals surface area contributed by atoms with E-state index in [0.717, 1.165) is 16.8 Å². The molecule has 2 aromatic heterocycles. The van der Waals surface area contributed by atoms with Gasteiger partial charge in [-0.3, -0.25) is 0 Å². The van der Waals surface area contributed by atoms with Crippen molar-refractivity contribution in [2.24, 2.45) is 0 Å². The quantitative estimate of drug-likeness (QED) is 0.486. The Labute approximate surface area is 172 Å². The summed E-state index contributed by atoms with van der Waals surface area (Å²) in [5, 5.41) is 6.35. The van der Waals surface area contributed by atoms with Gasteiger partial charge in [-0.15, -0.1) is 16.4 Å². The standard InChI is InChI=1S/C20H19FN4O2S2/c1-14-4-2-5-15(10-14)13-29(26,27)22-9-8-18-12-28-20-23-19(24-25(18)20)16-6-3-7-17(21)11-16/h2-7,10-12,22H,8-9,13H2,1H3. The van der Waals surface area contributed by atoms with Gasteiger partial charge < -0.3 is 0 Å². The first kappa shape index (κ1) is 19.7. The van der Waals surface area contributed by atoms with Gasteiger partial charge in [-0.2, -0.15) is 4.98 Å². The number of rotatable bonds is 7. The Hall–Kier alpha value is -2.62. The van der Waals surface area contributed by atoms with Crippen LogP contribution in [0.2, 0.25) is 0 Å². The Morgan fingerprint density at radius 2 is 2.00 bits per heavy atom. The molecule has 0 saturated heterocycles. The van der Waals surface area contributed by atoms with E-state index >= 15 is 0 Å². The zero-order chi connectivity index (χ0) is 20.4. The van der Waals surface area contributed by atoms with E-state index in [1.54, 1.807) is 22.7 Å². The van der Waals surface area contributed by atoms with Crippen molar-refractivity contribution >= 4 is 26.3 Å². The third kappa shape index (κ3) is 4.69. The smallest absolute Gasteiger partial charge is 0.215 e. The van der Waals surface area contributed by atoms with Crippen LogP contribution in [0.4, 0.5) is 4.39 Å². The normalized spacial score (nSPS) is 11.9. The monoisotopic (exact) mass is 430 g/mol. The van der Waals surface area contributed by atoms with E-state index in [1.807, 2.05) is 30.5 Å². The average molecular weight is 431 g/mol. The van der Waals surface area contributed by atoms with Gasteiger partial charge in [0.15, 0.2) is 5.82 Å². The van der Waals surface area contributed by atoms with Gasteiger partial charge in [-0.05, 0) is 24.6 Å². The Balaban J connectivity index is 1.43. The lowest BCUT2D eigenvalue weighted by atomic mass is 10.2. The molecule has 29 heavy (non-hydrogen) atoms. The van der Waals surface area contributed by atoms with Crippen molar-refractivity contribution in [1.29, 1.82) is 0 Å². The molecule has 0 saturated carbocycles. The number of hydrogen-bond donors (Lipinski definition) is 1. The molecule has 0 atom stereocenters. The Morgan fingerprint density at radius 3 is 2.79 bits per heavy atom. The van der Waals surface area contributed by atoms with E-state index in [0.29, 0.717) is 22.8 Å². The molecular weight excluding hydrogens is 411 g/mol. The highest BCUT2D eigenvalue weighted by atomic mass is 32.2. The fourth-order valence-corrected chi connectivity index (χ4v) is 5.04. The summed E-state index contributed by atoms with van der Waals surface area (Å²) in [5.41, 5.74) is 3.23. The predicted octanol–water partition coefficient (Wildman–Crippen LogP) is 3.57. The molecule has 0 spiro atoms. The van der Waals surface area contributed by atoms with E-state index in [-0.39, 0.29) is 18.1 Å². The Bertz CT molecular complexity index is 1260. The topological polar surface area (TPSA) is 76.4 Å². The average Bonchev–Trinajstić information content (AvgIpc) is 3.23. The van der Waals surface area contributed by atoms with E-state index in [4.69, 9.17) is 0 Å². The van der Waals surface area contributed by atoms with Crippen molar-refractivity contribution in [3.05, 3.63) is 76.5 Å². The van der Waals surface area contributed by atoms with Gasteiger partial charge in [0.1, 0.15) is 5.82 Å². The summed E-state index contributed by atoms with van der Waals surface area (Å²) in [6.07, 6.45) is 0.471. The SMILES string of the molecule is Cc1cccc(CS(=O)(=O)NCCc2csc3nc(-c4cccc(F)c4)nn23)c1. The lowest BCUT2D eigenvalue weighted by molar-refractivity contribution is 0.580. The van der Waals surface area contributed by atoms with Crippen LogP contribution in [0.25, 0.3) is 16.3 Å². The molecule has 0 aliphatic rings. The maximum atomic E-state index is 13.4. The van der Waals surface area contributed by atoms with Crippen molar-refractivity contribution in [2.75, 3.05) is 6.54 Å². The van der Waals surface area contributed by atoms with Crippen LogP contribution in [0, 0.1) is 12.7 Å². The number of benzene rings is 2. The Kier molecular flexibility index (Phi) is 5.44. The molecule has 0 unspecified atom stereocenters. The number of thiazole rings is 1. The second-order valence-electron chi connectivity index (χ2n) is 6.76. The first-order chi connectivity index (χ1) is 13.9. The van der Waals surface area contributed by atoms with Gasteiger partial charge in [-0.1, -0.05) is 42.0 Å². The highest BCUT2D eigenvalue weighted by Gasteiger charge is 2.14. The molecule has 4 rings (SSSR count). The fourth-order valence-electron chi connectivity index (χ4n) is 3.05. The molecule has 0 radical (unpaired) electrons. The van der Waals surface area contributed by atoms with E-state index in [2.05, 4.69) is 14.8 Å². The summed E-state index contributed by atoms with van der Waals surface area (Å²) < 4.78 is 42.5. The molecule has 1 N–H and O–H groups in total. The molecule has 9 heteroatoms. The molecule has 6 nitrogen and oxygen atoms in total. The summed E-state index contributed by atoms with van der Waals surface area (Å²) in [5.74, 6) is 0.0438. The number of aryl methyl sites for hydroxylation is 1. The highest BCUT2D eigenvalue weighted by Crippen LogP contribution is 2.21. The third-order valence-corrected chi connectivity index (χ3v) is 6.60. The summed E-state index contributed by atoms with van der Waals surface area (Å²) in [4.78, 5) is 5.11. The van der Waals surface area contributed by atoms with Crippen molar-refractivity contribution in [1.82, 2.24) is 19.3 Å². The second-order valence-corrected chi connectivity index (χ2v) is 9.40. The fraction of sp³-hybridized carbons (Fsp3) is 0.200. The molecule has 0 aliphatic heterocycles. The van der Waals surface area contributed by atoms with Gasteiger partial charge in [0.2, 0.25) is 15.0 Å². The van der Waals surface area contributed by atoms with Gasteiger partial charge in [0.05, 0.1) is 11.4 Å². The third-order valence-electron chi connectivity index (χ3n) is 4.37. The summed E-state index contributed by atoms with van der Waals surface area (Å²) in [6, 6.07) is 13.6. The molecule has 0 bridgehead atoms. The van der Waals surface area contributed by atoms with Gasteiger partial charge in [-0.25, -0.2) is 22.0 Å². The minimum absolute atomic E-state index is 0.0548. The van der Waals surface area contributed by atoms with E-state index in [1.165, 1.54) is 23.5 Å². The molecule has 4 aromatic rings. The van der Waals surface area contributed by atoms with Crippen molar-refractivity contribution in [3.63, 3.8) is 0 Å². The highest BCUT2D eigenvalue weighted by molar-refractivity contribution is 7.88. The molecule has 2 heterocycles. The van der Waals surface area contributed by atoms with Crippen molar-refractivity contribution < 1.29 is 12.8 Å². The first-order valence-corrected chi connectivity index (χ1v) is 11.5. The predicted molar refractivity (Wildman–Crippen MR) is 112 cm³/mol. The molecular formula is C20H19FN4O2S2.